The molecule has 0 N–H and O–H groups in total. The molecule has 0 aromatic rings. The number of carbonyl (C=O) groups excluding carboxylic acids is 1. The highest BCUT2D eigenvalue weighted by Gasteiger charge is 2.67. The number of methoxy groups -OCH3 is 1. The Morgan fingerprint density at radius 1 is 0.897 bits per heavy atom. The third-order valence-corrected chi connectivity index (χ3v) is 11.0. The first-order valence-corrected chi connectivity index (χ1v) is 12.0. The first-order chi connectivity index (χ1) is 13.6. The summed E-state index contributed by atoms with van der Waals surface area (Å²) in [5, 5.41) is 0. The predicted molar refractivity (Wildman–Crippen MR) is 114 cm³/mol. The maximum absolute atomic E-state index is 12.5. The van der Waals surface area contributed by atoms with Crippen molar-refractivity contribution >= 4 is 5.97 Å². The van der Waals surface area contributed by atoms with Gasteiger partial charge in [0.15, 0.2) is 0 Å². The van der Waals surface area contributed by atoms with Gasteiger partial charge < -0.3 is 9.47 Å². The van der Waals surface area contributed by atoms with Crippen LogP contribution >= 0.6 is 0 Å². The highest BCUT2D eigenvalue weighted by atomic mass is 16.7. The van der Waals surface area contributed by atoms with Crippen LogP contribution in [0.2, 0.25) is 0 Å². The van der Waals surface area contributed by atoms with Crippen molar-refractivity contribution < 1.29 is 14.3 Å². The SMILES string of the molecule is CO[C@@H]1OC(=O)C2=CCC3[C@]4(C)CCC5C(C)(C)CCC[C@]5(C)C4CC[C@]3(C)[C@H]21. The van der Waals surface area contributed by atoms with E-state index in [4.69, 9.17) is 9.47 Å². The van der Waals surface area contributed by atoms with Crippen LogP contribution in [0.3, 0.4) is 0 Å². The molecule has 3 unspecified atom stereocenters. The normalized spacial score (nSPS) is 53.1. The van der Waals surface area contributed by atoms with E-state index in [0.717, 1.165) is 23.8 Å². The quantitative estimate of drug-likeness (QED) is 0.497. The molecule has 3 heteroatoms. The number of cyclic esters (lactones) is 1. The third-order valence-electron chi connectivity index (χ3n) is 11.0. The van der Waals surface area contributed by atoms with Crippen LogP contribution in [-0.2, 0) is 14.3 Å². The van der Waals surface area contributed by atoms with E-state index in [1.807, 2.05) is 0 Å². The summed E-state index contributed by atoms with van der Waals surface area (Å²) in [5.74, 6) is 2.21. The van der Waals surface area contributed by atoms with Crippen LogP contribution in [0, 0.1) is 45.3 Å². The molecule has 1 heterocycles. The van der Waals surface area contributed by atoms with Crippen molar-refractivity contribution in [3.05, 3.63) is 11.6 Å². The van der Waals surface area contributed by atoms with Crippen LogP contribution in [0.25, 0.3) is 0 Å². The Kier molecular flexibility index (Phi) is 4.24. The van der Waals surface area contributed by atoms with E-state index < -0.39 is 6.29 Å². The fraction of sp³-hybridized carbons (Fsp3) is 0.885. The molecular formula is C26H40O3. The molecule has 162 valence electrons. The maximum Gasteiger partial charge on any atom is 0.336 e. The lowest BCUT2D eigenvalue weighted by Crippen LogP contribution is -2.63. The Hall–Kier alpha value is -0.830. The molecule has 0 radical (unpaired) electrons. The van der Waals surface area contributed by atoms with Gasteiger partial charge in [-0.1, -0.05) is 47.1 Å². The van der Waals surface area contributed by atoms with Crippen molar-refractivity contribution in [2.45, 2.75) is 92.3 Å². The summed E-state index contributed by atoms with van der Waals surface area (Å²) in [4.78, 5) is 12.5. The van der Waals surface area contributed by atoms with Gasteiger partial charge >= 0.3 is 5.97 Å². The summed E-state index contributed by atoms with van der Waals surface area (Å²) in [6.45, 7) is 12.8. The minimum Gasteiger partial charge on any atom is -0.432 e. The number of carbonyl (C=O) groups is 1. The second-order valence-electron chi connectivity index (χ2n) is 12.5. The van der Waals surface area contributed by atoms with E-state index in [1.165, 1.54) is 44.9 Å². The van der Waals surface area contributed by atoms with Gasteiger partial charge in [-0.05, 0) is 84.4 Å². The summed E-state index contributed by atoms with van der Waals surface area (Å²) < 4.78 is 11.3. The van der Waals surface area contributed by atoms with Crippen LogP contribution in [0.1, 0.15) is 86.0 Å². The van der Waals surface area contributed by atoms with Crippen molar-refractivity contribution in [3.8, 4) is 0 Å². The summed E-state index contributed by atoms with van der Waals surface area (Å²) in [5.41, 5.74) is 2.27. The molecule has 0 aromatic carbocycles. The van der Waals surface area contributed by atoms with Gasteiger partial charge in [0.25, 0.3) is 0 Å². The fourth-order valence-corrected chi connectivity index (χ4v) is 9.88. The second-order valence-corrected chi connectivity index (χ2v) is 12.5. The third kappa shape index (κ3) is 2.43. The monoisotopic (exact) mass is 400 g/mol. The van der Waals surface area contributed by atoms with Gasteiger partial charge in [-0.25, -0.2) is 4.79 Å². The first kappa shape index (κ1) is 20.1. The Bertz CT molecular complexity index is 753. The molecule has 0 amide bonds. The molecule has 4 fully saturated rings. The van der Waals surface area contributed by atoms with E-state index in [1.54, 1.807) is 7.11 Å². The minimum absolute atomic E-state index is 0.0928. The number of rotatable bonds is 1. The Balaban J connectivity index is 1.55. The molecule has 4 aliphatic carbocycles. The van der Waals surface area contributed by atoms with Crippen LogP contribution < -0.4 is 0 Å². The van der Waals surface area contributed by atoms with E-state index in [2.05, 4.69) is 40.7 Å². The Labute approximate surface area is 177 Å². The van der Waals surface area contributed by atoms with Crippen molar-refractivity contribution in [2.24, 2.45) is 45.3 Å². The molecule has 0 spiro atoms. The molecule has 1 saturated heterocycles. The number of allylic oxidation sites excluding steroid dienone is 1. The Morgan fingerprint density at radius 3 is 2.28 bits per heavy atom. The van der Waals surface area contributed by atoms with Crippen molar-refractivity contribution in [1.29, 1.82) is 0 Å². The van der Waals surface area contributed by atoms with E-state index in [9.17, 15) is 4.79 Å². The lowest BCUT2D eigenvalue weighted by molar-refractivity contribution is -0.216. The van der Waals surface area contributed by atoms with Gasteiger partial charge in [0.05, 0.1) is 5.92 Å². The standard InChI is InChI=1S/C26H40O3/c1-23(2)12-7-13-24(3)17(23)10-14-25(4)18-9-8-16-20(22(28-6)29-21(16)27)26(18,5)15-11-19(24)25/h8,17-20,22H,7,9-15H2,1-6H3/t17?,18?,19?,20-,22-,24+,25+,26+/m1/s1. The zero-order valence-corrected chi connectivity index (χ0v) is 19.3. The van der Waals surface area contributed by atoms with Gasteiger partial charge in [0.1, 0.15) is 0 Å². The molecule has 1 aliphatic heterocycles. The predicted octanol–water partition coefficient (Wildman–Crippen LogP) is 6.13. The summed E-state index contributed by atoms with van der Waals surface area (Å²) in [7, 11) is 1.69. The van der Waals surface area contributed by atoms with Crippen molar-refractivity contribution in [3.63, 3.8) is 0 Å². The summed E-state index contributed by atoms with van der Waals surface area (Å²) in [6, 6.07) is 0. The first-order valence-electron chi connectivity index (χ1n) is 12.0. The second kappa shape index (κ2) is 6.11. The van der Waals surface area contributed by atoms with Crippen LogP contribution in [0.4, 0.5) is 0 Å². The van der Waals surface area contributed by atoms with Crippen molar-refractivity contribution in [2.75, 3.05) is 7.11 Å². The zero-order valence-electron chi connectivity index (χ0n) is 19.3. The van der Waals surface area contributed by atoms with Gasteiger partial charge in [0, 0.05) is 12.7 Å². The van der Waals surface area contributed by atoms with Crippen molar-refractivity contribution in [1.82, 2.24) is 0 Å². The average Bonchev–Trinajstić information content (AvgIpc) is 2.97. The molecule has 5 aliphatic rings. The molecule has 29 heavy (non-hydrogen) atoms. The molecule has 0 aromatic heterocycles. The number of hydrogen-bond donors (Lipinski definition) is 0. The Morgan fingerprint density at radius 2 is 1.55 bits per heavy atom. The molecule has 3 nitrogen and oxygen atoms in total. The summed E-state index contributed by atoms with van der Waals surface area (Å²) >= 11 is 0. The number of hydrogen-bond acceptors (Lipinski definition) is 3. The zero-order chi connectivity index (χ0) is 20.8. The maximum atomic E-state index is 12.5. The lowest BCUT2D eigenvalue weighted by atomic mass is 9.35. The van der Waals surface area contributed by atoms with Gasteiger partial charge in [-0.15, -0.1) is 0 Å². The van der Waals surface area contributed by atoms with Crippen LogP contribution in [-0.4, -0.2) is 19.4 Å². The topological polar surface area (TPSA) is 35.5 Å². The highest BCUT2D eigenvalue weighted by Crippen LogP contribution is 2.73. The highest BCUT2D eigenvalue weighted by molar-refractivity contribution is 5.91. The van der Waals surface area contributed by atoms with E-state index in [-0.39, 0.29) is 17.3 Å². The van der Waals surface area contributed by atoms with Gasteiger partial charge in [0.2, 0.25) is 6.29 Å². The molecule has 3 saturated carbocycles. The molecular weight excluding hydrogens is 360 g/mol. The smallest absolute Gasteiger partial charge is 0.336 e. The summed E-state index contributed by atoms with van der Waals surface area (Å²) in [6.07, 6.45) is 12.2. The fourth-order valence-electron chi connectivity index (χ4n) is 9.88. The average molecular weight is 401 g/mol. The number of esters is 1. The largest absolute Gasteiger partial charge is 0.432 e. The number of fused-ring (bicyclic) bond motifs is 7. The van der Waals surface area contributed by atoms with E-state index in [0.29, 0.717) is 22.2 Å². The molecule has 0 bridgehead atoms. The van der Waals surface area contributed by atoms with E-state index >= 15 is 0 Å². The van der Waals surface area contributed by atoms with Gasteiger partial charge in [-0.3, -0.25) is 0 Å². The van der Waals surface area contributed by atoms with Crippen LogP contribution in [0.5, 0.6) is 0 Å². The molecule has 5 rings (SSSR count). The lowest BCUT2D eigenvalue weighted by Gasteiger charge is -2.69. The van der Waals surface area contributed by atoms with Crippen LogP contribution in [0.15, 0.2) is 11.6 Å². The molecule has 8 atom stereocenters. The number of ether oxygens (including phenoxy) is 2. The minimum atomic E-state index is -0.401. The van der Waals surface area contributed by atoms with Gasteiger partial charge in [-0.2, -0.15) is 0 Å².